The summed E-state index contributed by atoms with van der Waals surface area (Å²) < 4.78 is 5.72. The summed E-state index contributed by atoms with van der Waals surface area (Å²) in [6.07, 6.45) is 28.5. The molecule has 0 aliphatic carbocycles. The van der Waals surface area contributed by atoms with Crippen LogP contribution in [0.4, 0.5) is 0 Å². The van der Waals surface area contributed by atoms with E-state index in [1.165, 1.54) is 128 Å². The van der Waals surface area contributed by atoms with E-state index in [1.807, 2.05) is 0 Å². The van der Waals surface area contributed by atoms with Crippen molar-refractivity contribution in [1.29, 1.82) is 0 Å². The maximum absolute atomic E-state index is 5.72. The van der Waals surface area contributed by atoms with Crippen LogP contribution in [0.3, 0.4) is 0 Å². The summed E-state index contributed by atoms with van der Waals surface area (Å²) in [4.78, 5) is 0. The highest BCUT2D eigenvalue weighted by Crippen LogP contribution is 2.13. The SMILES string of the molecule is CCCCCCCCCCCCCC(=S)OCCCCCCCCCCC. The van der Waals surface area contributed by atoms with Gasteiger partial charge in [0.2, 0.25) is 0 Å². The van der Waals surface area contributed by atoms with Crippen LogP contribution in [0.5, 0.6) is 0 Å². The molecule has 0 radical (unpaired) electrons. The molecule has 0 unspecified atom stereocenters. The van der Waals surface area contributed by atoms with Crippen molar-refractivity contribution in [2.45, 2.75) is 149 Å². The molecule has 2 heteroatoms. The van der Waals surface area contributed by atoms with E-state index in [9.17, 15) is 0 Å². The number of unbranched alkanes of at least 4 members (excludes halogenated alkanes) is 18. The molecule has 0 saturated heterocycles. The van der Waals surface area contributed by atoms with Crippen LogP contribution in [0, 0.1) is 0 Å². The Labute approximate surface area is 177 Å². The van der Waals surface area contributed by atoms with Gasteiger partial charge in [-0.1, -0.05) is 129 Å². The summed E-state index contributed by atoms with van der Waals surface area (Å²) >= 11 is 5.36. The molecular formula is C25H50OS. The zero-order valence-corrected chi connectivity index (χ0v) is 19.7. The lowest BCUT2D eigenvalue weighted by molar-refractivity contribution is 0.290. The van der Waals surface area contributed by atoms with Crippen LogP contribution in [-0.4, -0.2) is 11.7 Å². The quantitative estimate of drug-likeness (QED) is 0.133. The molecule has 0 fully saturated rings. The fourth-order valence-corrected chi connectivity index (χ4v) is 3.83. The van der Waals surface area contributed by atoms with Crippen LogP contribution in [0.15, 0.2) is 0 Å². The molecule has 0 N–H and O–H groups in total. The van der Waals surface area contributed by atoms with Crippen molar-refractivity contribution in [3.8, 4) is 0 Å². The normalized spacial score (nSPS) is 11.0. The minimum absolute atomic E-state index is 0.840. The Bertz CT molecular complexity index is 290. The highest BCUT2D eigenvalue weighted by molar-refractivity contribution is 7.80. The van der Waals surface area contributed by atoms with Crippen molar-refractivity contribution in [2.24, 2.45) is 0 Å². The monoisotopic (exact) mass is 398 g/mol. The second-order valence-corrected chi connectivity index (χ2v) is 8.79. The van der Waals surface area contributed by atoms with Crippen molar-refractivity contribution in [2.75, 3.05) is 6.61 Å². The van der Waals surface area contributed by atoms with E-state index in [4.69, 9.17) is 17.0 Å². The number of hydrogen-bond donors (Lipinski definition) is 0. The molecule has 0 aromatic heterocycles. The fourth-order valence-electron chi connectivity index (χ4n) is 3.60. The molecule has 0 rings (SSSR count). The van der Waals surface area contributed by atoms with E-state index in [-0.39, 0.29) is 0 Å². The van der Waals surface area contributed by atoms with E-state index < -0.39 is 0 Å². The van der Waals surface area contributed by atoms with Crippen molar-refractivity contribution in [3.63, 3.8) is 0 Å². The zero-order chi connectivity index (χ0) is 19.8. The Balaban J connectivity index is 3.13. The van der Waals surface area contributed by atoms with Crippen LogP contribution in [0.2, 0.25) is 0 Å². The molecule has 0 aliphatic rings. The Morgan fingerprint density at radius 1 is 0.481 bits per heavy atom. The third-order valence-electron chi connectivity index (χ3n) is 5.50. The Morgan fingerprint density at radius 2 is 0.815 bits per heavy atom. The van der Waals surface area contributed by atoms with Crippen LogP contribution in [0.25, 0.3) is 0 Å². The number of thiocarbonyl (C=S) groups is 1. The maximum atomic E-state index is 5.72. The summed E-state index contributed by atoms with van der Waals surface area (Å²) in [5, 5.41) is 0.852. The molecule has 0 aliphatic heterocycles. The molecule has 1 nitrogen and oxygen atoms in total. The van der Waals surface area contributed by atoms with E-state index in [0.29, 0.717) is 0 Å². The second kappa shape index (κ2) is 23.9. The summed E-state index contributed by atoms with van der Waals surface area (Å²) in [5.41, 5.74) is 0. The van der Waals surface area contributed by atoms with E-state index >= 15 is 0 Å². The van der Waals surface area contributed by atoms with Gasteiger partial charge in [-0.3, -0.25) is 0 Å². The van der Waals surface area contributed by atoms with Crippen LogP contribution < -0.4 is 0 Å². The highest BCUT2D eigenvalue weighted by atomic mass is 32.1. The molecule has 0 bridgehead atoms. The highest BCUT2D eigenvalue weighted by Gasteiger charge is 1.99. The molecule has 0 aromatic rings. The van der Waals surface area contributed by atoms with Crippen molar-refractivity contribution < 1.29 is 4.74 Å². The maximum Gasteiger partial charge on any atom is 0.159 e. The van der Waals surface area contributed by atoms with Crippen molar-refractivity contribution in [3.05, 3.63) is 0 Å². The molecule has 27 heavy (non-hydrogen) atoms. The van der Waals surface area contributed by atoms with Crippen molar-refractivity contribution in [1.82, 2.24) is 0 Å². The summed E-state index contributed by atoms with van der Waals surface area (Å²) in [7, 11) is 0. The first kappa shape index (κ1) is 26.9. The first-order chi connectivity index (χ1) is 13.3. The first-order valence-electron chi connectivity index (χ1n) is 12.5. The Hall–Kier alpha value is -0.110. The van der Waals surface area contributed by atoms with E-state index in [2.05, 4.69) is 13.8 Å². The van der Waals surface area contributed by atoms with Gasteiger partial charge < -0.3 is 4.74 Å². The van der Waals surface area contributed by atoms with Gasteiger partial charge in [0.05, 0.1) is 6.61 Å². The lowest BCUT2D eigenvalue weighted by Crippen LogP contribution is -2.03. The van der Waals surface area contributed by atoms with Gasteiger partial charge in [0, 0.05) is 6.42 Å². The lowest BCUT2D eigenvalue weighted by atomic mass is 10.1. The minimum Gasteiger partial charge on any atom is -0.487 e. The third kappa shape index (κ3) is 23.9. The predicted octanol–water partition coefficient (Wildman–Crippen LogP) is 9.56. The molecule has 0 heterocycles. The van der Waals surface area contributed by atoms with E-state index in [1.54, 1.807) is 0 Å². The third-order valence-corrected chi connectivity index (χ3v) is 5.82. The average molecular weight is 399 g/mol. The van der Waals surface area contributed by atoms with E-state index in [0.717, 1.165) is 18.1 Å². The molecular weight excluding hydrogens is 348 g/mol. The number of rotatable bonds is 22. The molecule has 0 amide bonds. The number of hydrogen-bond acceptors (Lipinski definition) is 2. The molecule has 162 valence electrons. The Kier molecular flexibility index (Phi) is 23.8. The van der Waals surface area contributed by atoms with Crippen LogP contribution >= 0.6 is 12.2 Å². The topological polar surface area (TPSA) is 9.23 Å². The van der Waals surface area contributed by atoms with Crippen LogP contribution in [0.1, 0.15) is 149 Å². The van der Waals surface area contributed by atoms with Gasteiger partial charge in [0.15, 0.2) is 5.05 Å². The molecule has 0 atom stereocenters. The second-order valence-electron chi connectivity index (χ2n) is 8.33. The largest absolute Gasteiger partial charge is 0.487 e. The van der Waals surface area contributed by atoms with Gasteiger partial charge in [-0.25, -0.2) is 0 Å². The Morgan fingerprint density at radius 3 is 1.22 bits per heavy atom. The standard InChI is InChI=1S/C25H50OS/c1-3-5-7-9-11-13-14-15-17-19-21-23-25(27)26-24-22-20-18-16-12-10-8-6-4-2/h3-24H2,1-2H3. The van der Waals surface area contributed by atoms with Crippen molar-refractivity contribution >= 4 is 17.3 Å². The summed E-state index contributed by atoms with van der Waals surface area (Å²) in [6, 6.07) is 0. The van der Waals surface area contributed by atoms with Gasteiger partial charge in [-0.05, 0) is 25.1 Å². The molecule has 0 saturated carbocycles. The van der Waals surface area contributed by atoms with Gasteiger partial charge in [0.25, 0.3) is 0 Å². The first-order valence-corrected chi connectivity index (χ1v) is 12.9. The van der Waals surface area contributed by atoms with Crippen LogP contribution in [-0.2, 0) is 4.74 Å². The predicted molar refractivity (Wildman–Crippen MR) is 127 cm³/mol. The molecule has 0 spiro atoms. The lowest BCUT2D eigenvalue weighted by Gasteiger charge is -2.07. The average Bonchev–Trinajstić information content (AvgIpc) is 2.67. The summed E-state index contributed by atoms with van der Waals surface area (Å²) in [6.45, 7) is 5.41. The van der Waals surface area contributed by atoms with Gasteiger partial charge >= 0.3 is 0 Å². The van der Waals surface area contributed by atoms with Gasteiger partial charge in [0.1, 0.15) is 0 Å². The minimum atomic E-state index is 0.840. The fraction of sp³-hybridized carbons (Fsp3) is 0.960. The summed E-state index contributed by atoms with van der Waals surface area (Å²) in [5.74, 6) is 0. The molecule has 0 aromatic carbocycles. The smallest absolute Gasteiger partial charge is 0.159 e. The van der Waals surface area contributed by atoms with Gasteiger partial charge in [-0.2, -0.15) is 0 Å². The number of ether oxygens (including phenoxy) is 1. The zero-order valence-electron chi connectivity index (χ0n) is 18.9. The van der Waals surface area contributed by atoms with Gasteiger partial charge in [-0.15, -0.1) is 0 Å².